The first-order valence-electron chi connectivity index (χ1n) is 9.60. The number of hydrogen-bond acceptors (Lipinski definition) is 3. The van der Waals surface area contributed by atoms with Crippen molar-refractivity contribution >= 4 is 17.3 Å². The summed E-state index contributed by atoms with van der Waals surface area (Å²) in [5, 5.41) is 3.87. The van der Waals surface area contributed by atoms with Crippen LogP contribution < -0.4 is 14.8 Å². The van der Waals surface area contributed by atoms with Gasteiger partial charge in [0.05, 0.1) is 11.6 Å². The van der Waals surface area contributed by atoms with Crippen LogP contribution in [0.4, 0.5) is 10.1 Å². The maximum atomic E-state index is 13.4. The predicted octanol–water partition coefficient (Wildman–Crippen LogP) is 6.69. The largest absolute Gasteiger partial charge is 0.490 e. The summed E-state index contributed by atoms with van der Waals surface area (Å²) in [4.78, 5) is 0. The molecule has 0 aliphatic rings. The van der Waals surface area contributed by atoms with Crippen LogP contribution in [0.1, 0.15) is 29.2 Å². The number of ether oxygens (including phenoxy) is 2. The van der Waals surface area contributed by atoms with Crippen LogP contribution >= 0.6 is 11.6 Å². The molecule has 0 fully saturated rings. The van der Waals surface area contributed by atoms with Crippen molar-refractivity contribution in [3.8, 4) is 11.5 Å². The van der Waals surface area contributed by atoms with E-state index in [1.54, 1.807) is 12.1 Å². The van der Waals surface area contributed by atoms with Crippen molar-refractivity contribution in [2.24, 2.45) is 0 Å². The highest BCUT2D eigenvalue weighted by atomic mass is 35.5. The van der Waals surface area contributed by atoms with Gasteiger partial charge < -0.3 is 14.8 Å². The fourth-order valence-electron chi connectivity index (χ4n) is 2.96. The van der Waals surface area contributed by atoms with Crippen LogP contribution in [0.3, 0.4) is 0 Å². The molecule has 0 amide bonds. The lowest BCUT2D eigenvalue weighted by molar-refractivity contribution is 0.269. The Hall–Kier alpha value is -2.72. The molecular formula is C24H25ClFNO2. The highest BCUT2D eigenvalue weighted by molar-refractivity contribution is 6.32. The first-order chi connectivity index (χ1) is 14.0. The van der Waals surface area contributed by atoms with Gasteiger partial charge >= 0.3 is 0 Å². The van der Waals surface area contributed by atoms with Gasteiger partial charge in [-0.2, -0.15) is 0 Å². The molecule has 0 aliphatic carbocycles. The van der Waals surface area contributed by atoms with Gasteiger partial charge in [0, 0.05) is 12.2 Å². The molecule has 3 rings (SSSR count). The van der Waals surface area contributed by atoms with Gasteiger partial charge in [-0.25, -0.2) is 4.39 Å². The zero-order valence-corrected chi connectivity index (χ0v) is 17.6. The van der Waals surface area contributed by atoms with Crippen LogP contribution in [0.25, 0.3) is 0 Å². The normalized spacial score (nSPS) is 10.7. The predicted molar refractivity (Wildman–Crippen MR) is 117 cm³/mol. The van der Waals surface area contributed by atoms with Gasteiger partial charge in [0.1, 0.15) is 12.4 Å². The van der Waals surface area contributed by atoms with Crippen LogP contribution in [0, 0.1) is 19.7 Å². The molecule has 0 unspecified atom stereocenters. The lowest BCUT2D eigenvalue weighted by Gasteiger charge is -2.16. The summed E-state index contributed by atoms with van der Waals surface area (Å²) >= 11 is 6.49. The molecule has 3 nitrogen and oxygen atoms in total. The fourth-order valence-corrected chi connectivity index (χ4v) is 3.25. The highest BCUT2D eigenvalue weighted by Crippen LogP contribution is 2.37. The first-order valence-corrected chi connectivity index (χ1v) is 9.97. The summed E-state index contributed by atoms with van der Waals surface area (Å²) in [6.07, 6.45) is 0. The average Bonchev–Trinajstić information content (AvgIpc) is 2.68. The van der Waals surface area contributed by atoms with E-state index >= 15 is 0 Å². The maximum Gasteiger partial charge on any atom is 0.180 e. The van der Waals surface area contributed by atoms with Crippen LogP contribution in [-0.4, -0.2) is 6.61 Å². The van der Waals surface area contributed by atoms with E-state index in [4.69, 9.17) is 21.1 Å². The van der Waals surface area contributed by atoms with Crippen molar-refractivity contribution in [3.63, 3.8) is 0 Å². The average molecular weight is 414 g/mol. The highest BCUT2D eigenvalue weighted by Gasteiger charge is 2.13. The van der Waals surface area contributed by atoms with E-state index in [0.29, 0.717) is 29.7 Å². The Morgan fingerprint density at radius 1 is 0.931 bits per heavy atom. The minimum absolute atomic E-state index is 0.206. The number of anilines is 1. The number of halogens is 2. The molecule has 0 spiro atoms. The Morgan fingerprint density at radius 3 is 2.48 bits per heavy atom. The van der Waals surface area contributed by atoms with Crippen molar-refractivity contribution in [2.45, 2.75) is 33.9 Å². The lowest BCUT2D eigenvalue weighted by atomic mass is 10.1. The van der Waals surface area contributed by atoms with Gasteiger partial charge in [-0.3, -0.25) is 0 Å². The quantitative estimate of drug-likeness (QED) is 0.446. The fraction of sp³-hybridized carbons (Fsp3) is 0.250. The lowest BCUT2D eigenvalue weighted by Crippen LogP contribution is -2.04. The third-order valence-electron chi connectivity index (χ3n) is 4.64. The standard InChI is InChI=1S/C24H25ClFNO2/c1-4-28-23-13-19(14-27-21-9-8-16(2)17(3)10-21)12-22(25)24(23)29-15-18-6-5-7-20(26)11-18/h5-13,27H,4,14-15H2,1-3H3. The van der Waals surface area contributed by atoms with Crippen LogP contribution in [0.15, 0.2) is 54.6 Å². The van der Waals surface area contributed by atoms with Gasteiger partial charge in [0.2, 0.25) is 0 Å². The molecule has 0 bridgehead atoms. The molecule has 0 aromatic heterocycles. The summed E-state index contributed by atoms with van der Waals surface area (Å²) in [5.74, 6) is 0.746. The molecule has 0 atom stereocenters. The summed E-state index contributed by atoms with van der Waals surface area (Å²) in [6.45, 7) is 7.39. The van der Waals surface area contributed by atoms with E-state index in [2.05, 4.69) is 37.4 Å². The minimum atomic E-state index is -0.296. The topological polar surface area (TPSA) is 30.5 Å². The molecule has 0 saturated heterocycles. The third-order valence-corrected chi connectivity index (χ3v) is 4.93. The van der Waals surface area contributed by atoms with Crippen molar-refractivity contribution in [1.29, 1.82) is 0 Å². The van der Waals surface area contributed by atoms with E-state index in [-0.39, 0.29) is 12.4 Å². The first kappa shape index (κ1) is 21.0. The SMILES string of the molecule is CCOc1cc(CNc2ccc(C)c(C)c2)cc(Cl)c1OCc1cccc(F)c1. The van der Waals surface area contributed by atoms with Gasteiger partial charge in [0.15, 0.2) is 11.5 Å². The molecule has 0 saturated carbocycles. The number of rotatable bonds is 8. The maximum absolute atomic E-state index is 13.4. The molecular weight excluding hydrogens is 389 g/mol. The number of nitrogens with one attached hydrogen (secondary N) is 1. The second-order valence-electron chi connectivity index (χ2n) is 6.91. The summed E-state index contributed by atoms with van der Waals surface area (Å²) in [5.41, 5.74) is 5.26. The van der Waals surface area contributed by atoms with Gasteiger partial charge in [-0.1, -0.05) is 29.8 Å². The van der Waals surface area contributed by atoms with E-state index in [0.717, 1.165) is 16.8 Å². The zero-order valence-electron chi connectivity index (χ0n) is 16.9. The van der Waals surface area contributed by atoms with Crippen LogP contribution in [0.2, 0.25) is 5.02 Å². The second kappa shape index (κ2) is 9.66. The molecule has 3 aromatic carbocycles. The number of hydrogen-bond donors (Lipinski definition) is 1. The van der Waals surface area contributed by atoms with E-state index < -0.39 is 0 Å². The zero-order chi connectivity index (χ0) is 20.8. The summed E-state index contributed by atoms with van der Waals surface area (Å²) in [6, 6.07) is 16.4. The number of benzene rings is 3. The molecule has 152 valence electrons. The van der Waals surface area contributed by atoms with Crippen LogP contribution in [-0.2, 0) is 13.2 Å². The summed E-state index contributed by atoms with van der Waals surface area (Å²) < 4.78 is 25.0. The van der Waals surface area contributed by atoms with Crippen LogP contribution in [0.5, 0.6) is 11.5 Å². The monoisotopic (exact) mass is 413 g/mol. The molecule has 3 aromatic rings. The van der Waals surface area contributed by atoms with E-state index in [1.807, 2.05) is 19.1 Å². The molecule has 0 radical (unpaired) electrons. The Labute approximate surface area is 176 Å². The van der Waals surface area contributed by atoms with Crippen molar-refractivity contribution in [2.75, 3.05) is 11.9 Å². The third kappa shape index (κ3) is 5.64. The van der Waals surface area contributed by atoms with Gasteiger partial charge in [0.25, 0.3) is 0 Å². The van der Waals surface area contributed by atoms with E-state index in [9.17, 15) is 4.39 Å². The van der Waals surface area contributed by atoms with Gasteiger partial charge in [-0.15, -0.1) is 0 Å². The van der Waals surface area contributed by atoms with E-state index in [1.165, 1.54) is 23.3 Å². The Bertz CT molecular complexity index is 991. The molecule has 0 aliphatic heterocycles. The Morgan fingerprint density at radius 2 is 1.76 bits per heavy atom. The van der Waals surface area contributed by atoms with Gasteiger partial charge in [-0.05, 0) is 79.4 Å². The number of aryl methyl sites for hydroxylation is 2. The van der Waals surface area contributed by atoms with Crippen molar-refractivity contribution in [3.05, 3.63) is 87.7 Å². The smallest absolute Gasteiger partial charge is 0.180 e. The molecule has 5 heteroatoms. The molecule has 29 heavy (non-hydrogen) atoms. The molecule has 0 heterocycles. The Balaban J connectivity index is 1.75. The summed E-state index contributed by atoms with van der Waals surface area (Å²) in [7, 11) is 0. The second-order valence-corrected chi connectivity index (χ2v) is 7.32. The minimum Gasteiger partial charge on any atom is -0.490 e. The molecule has 1 N–H and O–H groups in total. The van der Waals surface area contributed by atoms with Crippen molar-refractivity contribution in [1.82, 2.24) is 0 Å². The van der Waals surface area contributed by atoms with Crippen molar-refractivity contribution < 1.29 is 13.9 Å². The Kier molecular flexibility index (Phi) is 6.99.